The number of aromatic nitrogens is 3. The van der Waals surface area contributed by atoms with Gasteiger partial charge in [0, 0.05) is 18.5 Å². The van der Waals surface area contributed by atoms with Crippen LogP contribution in [0.4, 0.5) is 0 Å². The standard InChI is InChI=1S/C7H7N3/c1-6-4-8-7-2-3-9-10(7)5-6/h2-5H,1H3. The van der Waals surface area contributed by atoms with Crippen molar-refractivity contribution < 1.29 is 0 Å². The van der Waals surface area contributed by atoms with E-state index in [1.807, 2.05) is 25.4 Å². The van der Waals surface area contributed by atoms with Gasteiger partial charge in [0.1, 0.15) is 0 Å². The molecule has 0 saturated heterocycles. The SMILES string of the molecule is Cc1cnc2ccnn2c1. The van der Waals surface area contributed by atoms with Crippen LogP contribution in [0.3, 0.4) is 0 Å². The van der Waals surface area contributed by atoms with E-state index in [1.54, 1.807) is 10.7 Å². The quantitative estimate of drug-likeness (QED) is 0.537. The van der Waals surface area contributed by atoms with Crippen molar-refractivity contribution in [2.24, 2.45) is 0 Å². The van der Waals surface area contributed by atoms with Gasteiger partial charge in [-0.15, -0.1) is 0 Å². The topological polar surface area (TPSA) is 30.2 Å². The van der Waals surface area contributed by atoms with E-state index >= 15 is 0 Å². The molecule has 0 aromatic carbocycles. The first-order chi connectivity index (χ1) is 4.86. The van der Waals surface area contributed by atoms with Gasteiger partial charge < -0.3 is 0 Å². The molecule has 0 spiro atoms. The number of nitrogens with zero attached hydrogens (tertiary/aromatic N) is 3. The first-order valence-electron chi connectivity index (χ1n) is 3.12. The molecule has 0 aliphatic rings. The second kappa shape index (κ2) is 1.80. The van der Waals surface area contributed by atoms with E-state index in [-0.39, 0.29) is 0 Å². The molecule has 0 fully saturated rings. The van der Waals surface area contributed by atoms with Crippen LogP contribution in [0.15, 0.2) is 24.7 Å². The highest BCUT2D eigenvalue weighted by atomic mass is 15.2. The van der Waals surface area contributed by atoms with Crippen molar-refractivity contribution in [3.63, 3.8) is 0 Å². The Morgan fingerprint density at radius 2 is 2.40 bits per heavy atom. The van der Waals surface area contributed by atoms with Crippen LogP contribution in [0.2, 0.25) is 0 Å². The van der Waals surface area contributed by atoms with Crippen LogP contribution in [0, 0.1) is 6.92 Å². The van der Waals surface area contributed by atoms with Crippen molar-refractivity contribution in [1.29, 1.82) is 0 Å². The lowest BCUT2D eigenvalue weighted by atomic mass is 10.4. The van der Waals surface area contributed by atoms with Gasteiger partial charge in [-0.2, -0.15) is 5.10 Å². The van der Waals surface area contributed by atoms with Crippen molar-refractivity contribution >= 4 is 5.65 Å². The molecule has 0 atom stereocenters. The number of rotatable bonds is 0. The highest BCUT2D eigenvalue weighted by Crippen LogP contribution is 1.98. The molecule has 0 bridgehead atoms. The molecular weight excluding hydrogens is 126 g/mol. The summed E-state index contributed by atoms with van der Waals surface area (Å²) in [6.07, 6.45) is 5.52. The minimum Gasteiger partial charge on any atom is -0.237 e. The Morgan fingerprint density at radius 1 is 1.50 bits per heavy atom. The highest BCUT2D eigenvalue weighted by molar-refractivity contribution is 5.35. The molecule has 0 unspecified atom stereocenters. The predicted octanol–water partition coefficient (Wildman–Crippen LogP) is 1.04. The summed E-state index contributed by atoms with van der Waals surface area (Å²) in [6, 6.07) is 1.87. The molecule has 0 saturated carbocycles. The maximum absolute atomic E-state index is 4.14. The Balaban J connectivity index is 2.86. The predicted molar refractivity (Wildman–Crippen MR) is 37.7 cm³/mol. The monoisotopic (exact) mass is 133 g/mol. The van der Waals surface area contributed by atoms with E-state index < -0.39 is 0 Å². The zero-order valence-electron chi connectivity index (χ0n) is 5.65. The van der Waals surface area contributed by atoms with Crippen LogP contribution in [-0.2, 0) is 0 Å². The van der Waals surface area contributed by atoms with Crippen LogP contribution >= 0.6 is 0 Å². The lowest BCUT2D eigenvalue weighted by Gasteiger charge is -1.91. The van der Waals surface area contributed by atoms with Crippen molar-refractivity contribution in [3.05, 3.63) is 30.2 Å². The van der Waals surface area contributed by atoms with Crippen LogP contribution in [0.25, 0.3) is 5.65 Å². The van der Waals surface area contributed by atoms with Gasteiger partial charge in [0.2, 0.25) is 0 Å². The number of aryl methyl sites for hydroxylation is 1. The first kappa shape index (κ1) is 5.41. The minimum atomic E-state index is 0.894. The molecule has 2 aromatic heterocycles. The van der Waals surface area contributed by atoms with Gasteiger partial charge in [-0.1, -0.05) is 0 Å². The summed E-state index contributed by atoms with van der Waals surface area (Å²) in [5.41, 5.74) is 2.02. The number of hydrogen-bond donors (Lipinski definition) is 0. The van der Waals surface area contributed by atoms with Gasteiger partial charge in [-0.25, -0.2) is 9.50 Å². The van der Waals surface area contributed by atoms with Crippen molar-refractivity contribution in [2.45, 2.75) is 6.92 Å². The normalized spacial score (nSPS) is 10.5. The van der Waals surface area contributed by atoms with Crippen LogP contribution in [0.5, 0.6) is 0 Å². The molecule has 0 N–H and O–H groups in total. The number of hydrogen-bond acceptors (Lipinski definition) is 2. The van der Waals surface area contributed by atoms with Crippen molar-refractivity contribution in [3.8, 4) is 0 Å². The second-order valence-electron chi connectivity index (χ2n) is 2.27. The summed E-state index contributed by atoms with van der Waals surface area (Å²) in [4.78, 5) is 4.14. The fraction of sp³-hybridized carbons (Fsp3) is 0.143. The fourth-order valence-electron chi connectivity index (χ4n) is 0.903. The third kappa shape index (κ3) is 0.673. The third-order valence-corrected chi connectivity index (χ3v) is 1.38. The zero-order valence-corrected chi connectivity index (χ0v) is 5.65. The van der Waals surface area contributed by atoms with Crippen molar-refractivity contribution in [2.75, 3.05) is 0 Å². The molecule has 2 rings (SSSR count). The summed E-state index contributed by atoms with van der Waals surface area (Å²) < 4.78 is 1.76. The summed E-state index contributed by atoms with van der Waals surface area (Å²) in [6.45, 7) is 1.99. The smallest absolute Gasteiger partial charge is 0.154 e. The average Bonchev–Trinajstić information content (AvgIpc) is 2.33. The Hall–Kier alpha value is -1.38. The van der Waals surface area contributed by atoms with Gasteiger partial charge in [-0.05, 0) is 12.5 Å². The molecule has 2 heterocycles. The lowest BCUT2D eigenvalue weighted by Crippen LogP contribution is -1.89. The molecule has 0 aliphatic carbocycles. The Labute approximate surface area is 58.3 Å². The molecule has 2 aromatic rings. The summed E-state index contributed by atoms with van der Waals surface area (Å²) >= 11 is 0. The molecule has 0 aliphatic heterocycles. The van der Waals surface area contributed by atoms with E-state index in [1.165, 1.54) is 0 Å². The molecule has 3 nitrogen and oxygen atoms in total. The van der Waals surface area contributed by atoms with Crippen LogP contribution in [0.1, 0.15) is 5.56 Å². The van der Waals surface area contributed by atoms with E-state index in [0.717, 1.165) is 11.2 Å². The average molecular weight is 133 g/mol. The molecular formula is C7H7N3. The Bertz CT molecular complexity index is 350. The summed E-state index contributed by atoms with van der Waals surface area (Å²) in [5, 5.41) is 4.03. The molecule has 50 valence electrons. The van der Waals surface area contributed by atoms with E-state index in [2.05, 4.69) is 10.1 Å². The van der Waals surface area contributed by atoms with Crippen molar-refractivity contribution in [1.82, 2.24) is 14.6 Å². The largest absolute Gasteiger partial charge is 0.237 e. The highest BCUT2D eigenvalue weighted by Gasteiger charge is 1.91. The fourth-order valence-corrected chi connectivity index (χ4v) is 0.903. The first-order valence-corrected chi connectivity index (χ1v) is 3.12. The van der Waals surface area contributed by atoms with E-state index in [4.69, 9.17) is 0 Å². The maximum atomic E-state index is 4.14. The van der Waals surface area contributed by atoms with Crippen LogP contribution < -0.4 is 0 Å². The minimum absolute atomic E-state index is 0.894. The molecule has 0 radical (unpaired) electrons. The van der Waals surface area contributed by atoms with Crippen LogP contribution in [-0.4, -0.2) is 14.6 Å². The second-order valence-corrected chi connectivity index (χ2v) is 2.27. The van der Waals surface area contributed by atoms with Gasteiger partial charge in [0.25, 0.3) is 0 Å². The van der Waals surface area contributed by atoms with Gasteiger partial charge >= 0.3 is 0 Å². The maximum Gasteiger partial charge on any atom is 0.154 e. The van der Waals surface area contributed by atoms with Gasteiger partial charge in [0.05, 0.1) is 6.20 Å². The number of fused-ring (bicyclic) bond motifs is 1. The lowest BCUT2D eigenvalue weighted by molar-refractivity contribution is 0.928. The molecule has 3 heteroatoms. The third-order valence-electron chi connectivity index (χ3n) is 1.38. The summed E-state index contributed by atoms with van der Waals surface area (Å²) in [5.74, 6) is 0. The van der Waals surface area contributed by atoms with E-state index in [9.17, 15) is 0 Å². The molecule has 10 heavy (non-hydrogen) atoms. The Morgan fingerprint density at radius 3 is 3.30 bits per heavy atom. The molecule has 0 amide bonds. The van der Waals surface area contributed by atoms with E-state index in [0.29, 0.717) is 0 Å². The van der Waals surface area contributed by atoms with Gasteiger partial charge in [0.15, 0.2) is 5.65 Å². The van der Waals surface area contributed by atoms with Gasteiger partial charge in [-0.3, -0.25) is 0 Å². The Kier molecular flexibility index (Phi) is 0.974. The zero-order chi connectivity index (χ0) is 6.97. The summed E-state index contributed by atoms with van der Waals surface area (Å²) in [7, 11) is 0.